The molecular formula is C24H19F3N2O4. The van der Waals surface area contributed by atoms with Crippen molar-refractivity contribution in [2.24, 2.45) is 5.73 Å². The fraction of sp³-hybridized carbons (Fsp3) is 0.167. The number of alkyl halides is 3. The highest BCUT2D eigenvalue weighted by Crippen LogP contribution is 2.35. The van der Waals surface area contributed by atoms with Gasteiger partial charge in [0, 0.05) is 29.3 Å². The molecule has 0 aliphatic carbocycles. The van der Waals surface area contributed by atoms with E-state index in [4.69, 9.17) is 20.0 Å². The highest BCUT2D eigenvalue weighted by Gasteiger charge is 2.31. The van der Waals surface area contributed by atoms with Gasteiger partial charge in [-0.25, -0.2) is 0 Å². The van der Waals surface area contributed by atoms with Crippen LogP contribution in [0.1, 0.15) is 22.4 Å². The molecule has 33 heavy (non-hydrogen) atoms. The molecule has 0 saturated heterocycles. The minimum atomic E-state index is -4.58. The first kappa shape index (κ1) is 22.3. The molecule has 0 radical (unpaired) electrons. The predicted octanol–water partition coefficient (Wildman–Crippen LogP) is 5.18. The second-order valence-corrected chi connectivity index (χ2v) is 7.40. The van der Waals surface area contributed by atoms with Crippen LogP contribution in [0.4, 0.5) is 13.2 Å². The third-order valence-electron chi connectivity index (χ3n) is 5.08. The maximum absolute atomic E-state index is 13.2. The summed E-state index contributed by atoms with van der Waals surface area (Å²) in [5.41, 5.74) is 8.50. The monoisotopic (exact) mass is 456 g/mol. The van der Waals surface area contributed by atoms with Gasteiger partial charge < -0.3 is 20.0 Å². The van der Waals surface area contributed by atoms with E-state index in [1.807, 2.05) is 12.1 Å². The molecule has 0 bridgehead atoms. The van der Waals surface area contributed by atoms with Crippen LogP contribution in [0.25, 0.3) is 22.1 Å². The van der Waals surface area contributed by atoms with Gasteiger partial charge in [-0.15, -0.1) is 0 Å². The quantitative estimate of drug-likeness (QED) is 0.398. The zero-order chi connectivity index (χ0) is 23.6. The minimum absolute atomic E-state index is 0.0725. The average molecular weight is 456 g/mol. The van der Waals surface area contributed by atoms with Crippen LogP contribution in [0.5, 0.6) is 5.75 Å². The van der Waals surface area contributed by atoms with Gasteiger partial charge in [0.05, 0.1) is 23.9 Å². The van der Waals surface area contributed by atoms with Gasteiger partial charge in [-0.2, -0.15) is 13.2 Å². The second kappa shape index (κ2) is 8.95. The van der Waals surface area contributed by atoms with Crippen molar-refractivity contribution < 1.29 is 32.2 Å². The highest BCUT2D eigenvalue weighted by molar-refractivity contribution is 5.93. The van der Waals surface area contributed by atoms with Gasteiger partial charge in [0.25, 0.3) is 0 Å². The average Bonchev–Trinajstić information content (AvgIpc) is 3.25. The number of aliphatic carboxylic acids is 1. The van der Waals surface area contributed by atoms with Gasteiger partial charge in [-0.05, 0) is 53.6 Å². The number of hydrogen-bond donors (Lipinski definition) is 2. The summed E-state index contributed by atoms with van der Waals surface area (Å²) in [6.45, 7) is 0.191. The Morgan fingerprint density at radius 1 is 1.12 bits per heavy atom. The Bertz CT molecular complexity index is 1310. The van der Waals surface area contributed by atoms with Crippen LogP contribution in [0.15, 0.2) is 65.4 Å². The number of halogens is 3. The first-order valence-electron chi connectivity index (χ1n) is 9.95. The number of nitrogens with two attached hydrogens (primary N) is 1. The summed E-state index contributed by atoms with van der Waals surface area (Å²) in [6, 6.07) is 11.8. The number of nitrogens with zero attached hydrogens (tertiary/aromatic N) is 1. The molecule has 4 rings (SSSR count). The summed E-state index contributed by atoms with van der Waals surface area (Å²) in [5.74, 6) is -1.30. The number of carboxylic acids is 1. The van der Waals surface area contributed by atoms with Crippen molar-refractivity contribution >= 4 is 16.9 Å². The summed E-state index contributed by atoms with van der Waals surface area (Å²) in [7, 11) is 0. The second-order valence-electron chi connectivity index (χ2n) is 7.40. The van der Waals surface area contributed by atoms with Crippen LogP contribution in [-0.4, -0.2) is 16.1 Å². The lowest BCUT2D eigenvalue weighted by Crippen LogP contribution is -2.09. The summed E-state index contributed by atoms with van der Waals surface area (Å²) in [6.07, 6.45) is -1.86. The first-order valence-corrected chi connectivity index (χ1v) is 9.95. The van der Waals surface area contributed by atoms with Crippen molar-refractivity contribution in [1.29, 1.82) is 0 Å². The van der Waals surface area contributed by atoms with E-state index in [0.717, 1.165) is 34.7 Å². The normalized spacial score (nSPS) is 11.6. The first-order chi connectivity index (χ1) is 15.7. The molecule has 0 saturated carbocycles. The van der Waals surface area contributed by atoms with Gasteiger partial charge in [-0.1, -0.05) is 6.07 Å². The molecule has 0 amide bonds. The Hall–Kier alpha value is -3.85. The lowest BCUT2D eigenvalue weighted by molar-refractivity contribution is -0.137. The van der Waals surface area contributed by atoms with Crippen molar-refractivity contribution in [3.8, 4) is 16.9 Å². The molecule has 2 heterocycles. The van der Waals surface area contributed by atoms with E-state index >= 15 is 0 Å². The molecule has 0 atom stereocenters. The lowest BCUT2D eigenvalue weighted by atomic mass is 10.0. The number of carboxylic acid groups (broad SMARTS) is 1. The summed E-state index contributed by atoms with van der Waals surface area (Å²) < 4.78 is 50.8. The van der Waals surface area contributed by atoms with Crippen molar-refractivity contribution in [3.63, 3.8) is 0 Å². The number of ether oxygens (including phenoxy) is 1. The minimum Gasteiger partial charge on any atom is -0.489 e. The third kappa shape index (κ3) is 4.98. The molecule has 3 N–H and O–H groups in total. The Balaban J connectivity index is 1.70. The molecule has 170 valence electrons. The van der Waals surface area contributed by atoms with E-state index in [0.29, 0.717) is 16.8 Å². The Morgan fingerprint density at radius 3 is 2.67 bits per heavy atom. The Morgan fingerprint density at radius 2 is 1.94 bits per heavy atom. The molecule has 9 heteroatoms. The maximum atomic E-state index is 13.2. The molecule has 0 fully saturated rings. The molecule has 0 aliphatic heterocycles. The van der Waals surface area contributed by atoms with Gasteiger partial charge in [-0.3, -0.25) is 9.78 Å². The Labute approximate surface area is 186 Å². The van der Waals surface area contributed by atoms with E-state index in [1.165, 1.54) is 0 Å². The van der Waals surface area contributed by atoms with Gasteiger partial charge >= 0.3 is 12.1 Å². The molecule has 6 nitrogen and oxygen atoms in total. The number of carbonyl (C=O) groups is 1. The summed E-state index contributed by atoms with van der Waals surface area (Å²) in [5, 5.41) is 9.89. The number of pyridine rings is 1. The molecule has 0 unspecified atom stereocenters. The van der Waals surface area contributed by atoms with E-state index in [-0.39, 0.29) is 24.5 Å². The van der Waals surface area contributed by atoms with Crippen molar-refractivity contribution in [1.82, 2.24) is 4.98 Å². The lowest BCUT2D eigenvalue weighted by Gasteiger charge is -2.15. The van der Waals surface area contributed by atoms with Crippen molar-refractivity contribution in [3.05, 3.63) is 83.4 Å². The van der Waals surface area contributed by atoms with Crippen LogP contribution >= 0.6 is 0 Å². The number of benzene rings is 2. The van der Waals surface area contributed by atoms with E-state index < -0.39 is 24.1 Å². The van der Waals surface area contributed by atoms with Crippen LogP contribution in [-0.2, 0) is 30.5 Å². The van der Waals surface area contributed by atoms with Crippen LogP contribution in [0, 0.1) is 0 Å². The molecular weight excluding hydrogens is 437 g/mol. The summed E-state index contributed by atoms with van der Waals surface area (Å²) in [4.78, 5) is 15.3. The van der Waals surface area contributed by atoms with Crippen LogP contribution in [0.3, 0.4) is 0 Å². The van der Waals surface area contributed by atoms with Crippen LogP contribution < -0.4 is 10.5 Å². The smallest absolute Gasteiger partial charge is 0.416 e. The number of aromatic nitrogens is 1. The summed E-state index contributed by atoms with van der Waals surface area (Å²) >= 11 is 0. The van der Waals surface area contributed by atoms with E-state index in [2.05, 4.69) is 4.98 Å². The molecule has 4 aromatic rings. The van der Waals surface area contributed by atoms with Gasteiger partial charge in [0.1, 0.15) is 17.9 Å². The van der Waals surface area contributed by atoms with Gasteiger partial charge in [0.2, 0.25) is 0 Å². The van der Waals surface area contributed by atoms with E-state index in [1.54, 1.807) is 30.7 Å². The molecule has 0 spiro atoms. The number of fused-ring (bicyclic) bond motifs is 1. The number of rotatable bonds is 7. The zero-order valence-electron chi connectivity index (χ0n) is 17.2. The van der Waals surface area contributed by atoms with Crippen LogP contribution in [0.2, 0.25) is 0 Å². The highest BCUT2D eigenvalue weighted by atomic mass is 19.4. The SMILES string of the molecule is NCc1cc(-c2cc(COc3cc(C(F)(F)F)ccc3CC(=O)O)cc3ccoc23)ccn1. The van der Waals surface area contributed by atoms with E-state index in [9.17, 15) is 18.0 Å². The topological polar surface area (TPSA) is 98.6 Å². The fourth-order valence-electron chi connectivity index (χ4n) is 3.53. The van der Waals surface area contributed by atoms with Gasteiger partial charge in [0.15, 0.2) is 0 Å². The maximum Gasteiger partial charge on any atom is 0.416 e. The van der Waals surface area contributed by atoms with Crippen molar-refractivity contribution in [2.75, 3.05) is 0 Å². The standard InChI is InChI=1S/C24H19F3N2O4/c25-24(26,27)18-2-1-16(10-22(30)31)21(11-18)33-13-14-7-17-4-6-32-23(17)20(8-14)15-3-5-29-19(9-15)12-28/h1-9,11H,10,12-13,28H2,(H,30,31). The molecule has 2 aromatic carbocycles. The molecule has 0 aliphatic rings. The third-order valence-corrected chi connectivity index (χ3v) is 5.08. The number of furan rings is 1. The number of hydrogen-bond acceptors (Lipinski definition) is 5. The zero-order valence-corrected chi connectivity index (χ0v) is 17.2. The largest absolute Gasteiger partial charge is 0.489 e. The predicted molar refractivity (Wildman–Crippen MR) is 114 cm³/mol. The molecule has 2 aromatic heterocycles. The van der Waals surface area contributed by atoms with Crippen molar-refractivity contribution in [2.45, 2.75) is 25.7 Å². The Kier molecular flexibility index (Phi) is 6.06. The fourth-order valence-corrected chi connectivity index (χ4v) is 3.53.